The zero-order valence-corrected chi connectivity index (χ0v) is 62.3. The van der Waals surface area contributed by atoms with Gasteiger partial charge in [-0.05, 0) is 312 Å². The molecule has 0 saturated carbocycles. The molecular weight excluding hydrogens is 1400 g/mol. The third-order valence-corrected chi connectivity index (χ3v) is 25.2. The predicted molar refractivity (Wildman–Crippen MR) is 484 cm³/mol. The molecule has 24 aromatic carbocycles. The van der Waals surface area contributed by atoms with Crippen molar-refractivity contribution in [3.05, 3.63) is 374 Å². The van der Waals surface area contributed by atoms with Crippen LogP contribution < -0.4 is 0 Å². The van der Waals surface area contributed by atoms with Crippen molar-refractivity contribution < 1.29 is 0 Å². The summed E-state index contributed by atoms with van der Waals surface area (Å²) < 4.78 is 0. The Kier molecular flexibility index (Phi) is 13.8. The summed E-state index contributed by atoms with van der Waals surface area (Å²) >= 11 is 0. The lowest BCUT2D eigenvalue weighted by molar-refractivity contribution is 1.44. The molecule has 0 atom stereocenters. The maximum Gasteiger partial charge on any atom is 0.0992 e. The van der Waals surface area contributed by atoms with E-state index < -0.39 is 0 Å². The summed E-state index contributed by atoms with van der Waals surface area (Å²) in [6, 6.07) is 138. The topological polar surface area (TPSA) is 95.2 Å². The first kappa shape index (κ1) is 64.7. The maximum absolute atomic E-state index is 10.0. The molecule has 526 valence electrons. The number of fused-ring (bicyclic) bond motifs is 16. The van der Waals surface area contributed by atoms with Crippen LogP contribution in [0.5, 0.6) is 0 Å². The van der Waals surface area contributed by atoms with Crippen molar-refractivity contribution >= 4 is 151 Å². The van der Waals surface area contributed by atoms with Crippen LogP contribution >= 0.6 is 0 Å². The Hall–Kier alpha value is -16.1. The molecule has 116 heavy (non-hydrogen) atoms. The van der Waals surface area contributed by atoms with Gasteiger partial charge in [-0.15, -0.1) is 0 Å². The molecule has 0 aliphatic heterocycles. The largest absolute Gasteiger partial charge is 0.192 e. The fourth-order valence-corrected chi connectivity index (χ4v) is 20.6. The standard InChI is InChI=1S/C112H58N4/c113-59-63-49-64(60-114)52-77(51-63)73-21-11-23-75(55-73)79-45-47-93-104-86(79)30-14-36-92(104)111-101(70-19-5-2-6-20-70)107-89-33-15-31-87-82-26-8-10-28-84(82)96(105(87)89)58-98(107)100(110(93)111)71-41-37-67(38-42-71)68-39-43-72(44-40-68)102-108-90-34-16-32-88-81-25-7-9-27-83(81)95(106(88)90)57-97(108)99(69-17-3-1-4-18-69)109-91-35-13-29-85-80(46-48-94(103(85)91)112(102)109)76-24-12-22-74(56-76)78-53-65(61-115)50-66(54-78)62-116/h1-58H. The first-order chi connectivity index (χ1) is 57.4. The number of hydrogen-bond acceptors (Lipinski definition) is 4. The number of nitriles is 4. The van der Waals surface area contributed by atoms with Gasteiger partial charge in [-0.3, -0.25) is 0 Å². The van der Waals surface area contributed by atoms with E-state index in [-0.39, 0.29) is 0 Å². The smallest absolute Gasteiger partial charge is 0.0992 e. The molecule has 4 heteroatoms. The molecule has 0 aliphatic carbocycles. The van der Waals surface area contributed by atoms with Crippen LogP contribution in [0.3, 0.4) is 0 Å². The van der Waals surface area contributed by atoms with Crippen molar-refractivity contribution in [1.82, 2.24) is 0 Å². The third kappa shape index (κ3) is 9.22. The highest BCUT2D eigenvalue weighted by Crippen LogP contribution is 2.59. The van der Waals surface area contributed by atoms with Gasteiger partial charge in [0.25, 0.3) is 0 Å². The van der Waals surface area contributed by atoms with Crippen molar-refractivity contribution in [3.8, 4) is 124 Å². The van der Waals surface area contributed by atoms with Crippen LogP contribution in [0.15, 0.2) is 352 Å². The van der Waals surface area contributed by atoms with Crippen LogP contribution in [-0.2, 0) is 0 Å². The van der Waals surface area contributed by atoms with Crippen LogP contribution in [0.4, 0.5) is 0 Å². The van der Waals surface area contributed by atoms with Crippen molar-refractivity contribution in [2.24, 2.45) is 0 Å². The quantitative estimate of drug-likeness (QED) is 0.135. The first-order valence-corrected chi connectivity index (χ1v) is 39.3. The molecule has 0 bridgehead atoms. The lowest BCUT2D eigenvalue weighted by Crippen LogP contribution is -1.92. The predicted octanol–water partition coefficient (Wildman–Crippen LogP) is 30.1. The van der Waals surface area contributed by atoms with Gasteiger partial charge in [0.05, 0.1) is 46.5 Å². The first-order valence-electron chi connectivity index (χ1n) is 39.3. The number of benzene rings is 20. The molecule has 0 heterocycles. The van der Waals surface area contributed by atoms with Crippen molar-refractivity contribution in [3.63, 3.8) is 0 Å². The summed E-state index contributed by atoms with van der Waals surface area (Å²) in [5.74, 6) is 0. The van der Waals surface area contributed by atoms with Crippen LogP contribution in [-0.4, -0.2) is 0 Å². The van der Waals surface area contributed by atoms with Gasteiger partial charge in [0, 0.05) is 0 Å². The van der Waals surface area contributed by atoms with Gasteiger partial charge in [0.2, 0.25) is 0 Å². The van der Waals surface area contributed by atoms with Crippen molar-refractivity contribution in [1.29, 1.82) is 21.0 Å². The fourth-order valence-electron chi connectivity index (χ4n) is 20.6. The molecule has 0 spiro atoms. The monoisotopic (exact) mass is 1460 g/mol. The highest BCUT2D eigenvalue weighted by molar-refractivity contribution is 6.48. The maximum atomic E-state index is 10.0. The minimum Gasteiger partial charge on any atom is -0.192 e. The van der Waals surface area contributed by atoms with E-state index in [1.54, 1.807) is 12.1 Å². The molecule has 0 aromatic heterocycles. The lowest BCUT2D eigenvalue weighted by Gasteiger charge is -2.19. The van der Waals surface area contributed by atoms with E-state index in [4.69, 9.17) is 0 Å². The third-order valence-electron chi connectivity index (χ3n) is 25.2. The van der Waals surface area contributed by atoms with Gasteiger partial charge in [-0.1, -0.05) is 291 Å². The molecule has 0 fully saturated rings. The van der Waals surface area contributed by atoms with E-state index in [0.717, 1.165) is 88.7 Å². The SMILES string of the molecule is N#Cc1cc(C#N)cc(-c2cccc(-c3ccc4c5c(-c6ccc(-c7ccc(-c8c9c(cc%10c%11ccccc%11c%11cccc9c%11%10)c(-c9ccccc9)c9c%10cccc%11c(-c%12cccc(-c%13cc(C#N)cc(C#N)c%13)c%12)ccc(c89)c%11%10)cc7)cc6)c6cc7c8ccccc8c8cccc(c6c(-c6ccccc6)c5c5cccc3c45)c87)c2)c1. The second-order valence-electron chi connectivity index (χ2n) is 31.1. The molecule has 0 saturated heterocycles. The van der Waals surface area contributed by atoms with Gasteiger partial charge >= 0.3 is 0 Å². The molecular formula is C112H58N4. The van der Waals surface area contributed by atoms with Crippen LogP contribution in [0, 0.1) is 45.3 Å². The summed E-state index contributed by atoms with van der Waals surface area (Å²) in [6.07, 6.45) is 0. The van der Waals surface area contributed by atoms with E-state index in [0.29, 0.717) is 22.3 Å². The number of nitrogens with zero attached hydrogens (tertiary/aromatic N) is 4. The summed E-state index contributed by atoms with van der Waals surface area (Å²) in [6.45, 7) is 0. The Morgan fingerprint density at radius 1 is 0.129 bits per heavy atom. The van der Waals surface area contributed by atoms with Gasteiger partial charge in [-0.2, -0.15) is 21.0 Å². The Balaban J connectivity index is 0.728. The minimum atomic E-state index is 0.453. The zero-order chi connectivity index (χ0) is 76.7. The summed E-state index contributed by atoms with van der Waals surface area (Å²) in [5.41, 5.74) is 21.3. The van der Waals surface area contributed by atoms with E-state index >= 15 is 0 Å². The number of hydrogen-bond donors (Lipinski definition) is 0. The summed E-state index contributed by atoms with van der Waals surface area (Å²) in [5, 5.41) is 74.5. The lowest BCUT2D eigenvalue weighted by atomic mass is 9.83. The Bertz CT molecular complexity index is 8520. The molecule has 0 aliphatic rings. The second-order valence-corrected chi connectivity index (χ2v) is 31.1. The second kappa shape index (κ2) is 24.7. The minimum absolute atomic E-state index is 0.453. The summed E-state index contributed by atoms with van der Waals surface area (Å²) in [4.78, 5) is 0. The van der Waals surface area contributed by atoms with E-state index in [9.17, 15) is 21.0 Å². The molecule has 24 rings (SSSR count). The highest BCUT2D eigenvalue weighted by atomic mass is 14.3. The number of rotatable bonds is 9. The normalized spacial score (nSPS) is 11.9. The average molecular weight is 1460 g/mol. The van der Waals surface area contributed by atoms with Crippen LogP contribution in [0.25, 0.3) is 251 Å². The Morgan fingerprint density at radius 2 is 0.397 bits per heavy atom. The highest BCUT2D eigenvalue weighted by Gasteiger charge is 2.31. The molecule has 0 N–H and O–H groups in total. The van der Waals surface area contributed by atoms with Crippen molar-refractivity contribution in [2.75, 3.05) is 0 Å². The van der Waals surface area contributed by atoms with E-state index in [1.807, 2.05) is 24.3 Å². The van der Waals surface area contributed by atoms with Gasteiger partial charge in [0.15, 0.2) is 0 Å². The van der Waals surface area contributed by atoms with Gasteiger partial charge in [0.1, 0.15) is 0 Å². The molecule has 0 radical (unpaired) electrons. The zero-order valence-electron chi connectivity index (χ0n) is 62.3. The van der Waals surface area contributed by atoms with Gasteiger partial charge in [-0.25, -0.2) is 0 Å². The van der Waals surface area contributed by atoms with Gasteiger partial charge < -0.3 is 0 Å². The van der Waals surface area contributed by atoms with Crippen LogP contribution in [0.1, 0.15) is 22.3 Å². The molecule has 0 unspecified atom stereocenters. The van der Waals surface area contributed by atoms with Crippen LogP contribution in [0.2, 0.25) is 0 Å². The summed E-state index contributed by atoms with van der Waals surface area (Å²) in [7, 11) is 0. The average Bonchev–Trinajstić information content (AvgIpc) is 1.51. The Labute approximate surface area is 665 Å². The Morgan fingerprint density at radius 3 is 0.793 bits per heavy atom. The van der Waals surface area contributed by atoms with E-state index in [1.165, 1.54) is 162 Å². The molecule has 24 aromatic rings. The molecule has 0 amide bonds. The van der Waals surface area contributed by atoms with Crippen molar-refractivity contribution in [2.45, 2.75) is 0 Å². The fraction of sp³-hybridized carbons (Fsp3) is 0. The molecule has 4 nitrogen and oxygen atoms in total. The van der Waals surface area contributed by atoms with E-state index in [2.05, 4.69) is 340 Å².